The second kappa shape index (κ2) is 6.17. The first-order chi connectivity index (χ1) is 9.10. The molecule has 2 aromatic rings. The molecule has 1 aromatic heterocycles. The van der Waals surface area contributed by atoms with Gasteiger partial charge in [-0.2, -0.15) is 4.98 Å². The summed E-state index contributed by atoms with van der Waals surface area (Å²) in [5.41, 5.74) is 0.750. The van der Waals surface area contributed by atoms with Crippen molar-refractivity contribution in [3.8, 4) is 0 Å². The zero-order valence-electron chi connectivity index (χ0n) is 10.3. The summed E-state index contributed by atoms with van der Waals surface area (Å²) >= 11 is 12.1. The normalized spacial score (nSPS) is 10.7. The Balaban J connectivity index is 2.14. The summed E-state index contributed by atoms with van der Waals surface area (Å²) in [5.74, 6) is 0.852. The molecule has 0 N–H and O–H groups in total. The summed E-state index contributed by atoms with van der Waals surface area (Å²) in [6.45, 7) is 1.79. The molecule has 100 valence electrons. The fourth-order valence-electron chi connectivity index (χ4n) is 1.59. The Bertz CT molecular complexity index is 576. The van der Waals surface area contributed by atoms with Gasteiger partial charge in [-0.3, -0.25) is 4.79 Å². The van der Waals surface area contributed by atoms with Crippen molar-refractivity contribution in [3.05, 3.63) is 45.5 Å². The van der Waals surface area contributed by atoms with Crippen molar-refractivity contribution < 1.29 is 9.32 Å². The third-order valence-corrected chi connectivity index (χ3v) is 3.36. The van der Waals surface area contributed by atoms with Gasteiger partial charge in [0.05, 0.1) is 6.42 Å². The lowest BCUT2D eigenvalue weighted by molar-refractivity contribution is -0.118. The lowest BCUT2D eigenvalue weighted by atomic mass is 10.1. The highest BCUT2D eigenvalue weighted by Gasteiger charge is 2.13. The van der Waals surface area contributed by atoms with Crippen molar-refractivity contribution in [3.63, 3.8) is 0 Å². The molecule has 0 aliphatic heterocycles. The Hall–Kier alpha value is -1.39. The number of halogens is 2. The van der Waals surface area contributed by atoms with Gasteiger partial charge in [-0.05, 0) is 17.7 Å². The number of hydrogen-bond donors (Lipinski definition) is 0. The molecule has 19 heavy (non-hydrogen) atoms. The molecule has 0 unspecified atom stereocenters. The van der Waals surface area contributed by atoms with Crippen LogP contribution in [0.3, 0.4) is 0 Å². The highest BCUT2D eigenvalue weighted by molar-refractivity contribution is 6.36. The van der Waals surface area contributed by atoms with Gasteiger partial charge in [0, 0.05) is 22.9 Å². The first-order valence-electron chi connectivity index (χ1n) is 5.86. The Morgan fingerprint density at radius 2 is 2.00 bits per heavy atom. The molecule has 2 rings (SSSR count). The van der Waals surface area contributed by atoms with Crippen LogP contribution in [0.4, 0.5) is 0 Å². The number of nitrogens with zero attached hydrogens (tertiary/aromatic N) is 2. The van der Waals surface area contributed by atoms with Gasteiger partial charge in [-0.15, -0.1) is 0 Å². The van der Waals surface area contributed by atoms with Crippen LogP contribution in [0.25, 0.3) is 0 Å². The number of benzene rings is 1. The van der Waals surface area contributed by atoms with E-state index in [2.05, 4.69) is 10.1 Å². The van der Waals surface area contributed by atoms with Gasteiger partial charge in [-0.25, -0.2) is 0 Å². The van der Waals surface area contributed by atoms with E-state index in [1.807, 2.05) is 0 Å². The average Bonchev–Trinajstić information content (AvgIpc) is 2.81. The van der Waals surface area contributed by atoms with Crippen molar-refractivity contribution in [1.82, 2.24) is 10.1 Å². The fraction of sp³-hybridized carbons (Fsp3) is 0.308. The van der Waals surface area contributed by atoms with Gasteiger partial charge in [0.25, 0.3) is 0 Å². The van der Waals surface area contributed by atoms with Crippen LogP contribution < -0.4 is 0 Å². The molecule has 1 aromatic carbocycles. The smallest absolute Gasteiger partial charge is 0.234 e. The van der Waals surface area contributed by atoms with Crippen molar-refractivity contribution in [2.75, 3.05) is 0 Å². The maximum Gasteiger partial charge on any atom is 0.234 e. The van der Waals surface area contributed by atoms with E-state index in [0.29, 0.717) is 34.6 Å². The van der Waals surface area contributed by atoms with Gasteiger partial charge >= 0.3 is 0 Å². The summed E-state index contributed by atoms with van der Waals surface area (Å²) in [4.78, 5) is 15.4. The van der Waals surface area contributed by atoms with Crippen molar-refractivity contribution in [2.45, 2.75) is 26.2 Å². The van der Waals surface area contributed by atoms with Crippen molar-refractivity contribution >= 4 is 29.0 Å². The highest BCUT2D eigenvalue weighted by Crippen LogP contribution is 2.26. The van der Waals surface area contributed by atoms with E-state index < -0.39 is 0 Å². The molecule has 1 heterocycles. The number of ketones is 1. The molecule has 0 fully saturated rings. The second-order valence-electron chi connectivity index (χ2n) is 4.05. The molecule has 0 aliphatic carbocycles. The summed E-state index contributed by atoms with van der Waals surface area (Å²) < 4.78 is 5.02. The molecule has 0 saturated carbocycles. The standard InChI is InChI=1S/C13H12Cl2N2O2/c1-2-8(18)6-13-16-12(17-19-13)7-9-10(14)4-3-5-11(9)15/h3-5H,2,6-7H2,1H3. The lowest BCUT2D eigenvalue weighted by Crippen LogP contribution is -2.01. The topological polar surface area (TPSA) is 56.0 Å². The first kappa shape index (κ1) is 14.0. The average molecular weight is 299 g/mol. The number of carbonyl (C=O) groups is 1. The van der Waals surface area contributed by atoms with Crippen molar-refractivity contribution in [1.29, 1.82) is 0 Å². The van der Waals surface area contributed by atoms with Gasteiger partial charge in [0.2, 0.25) is 5.89 Å². The number of aromatic nitrogens is 2. The Kier molecular flexibility index (Phi) is 4.56. The Morgan fingerprint density at radius 1 is 1.32 bits per heavy atom. The highest BCUT2D eigenvalue weighted by atomic mass is 35.5. The maximum atomic E-state index is 11.3. The van der Waals surface area contributed by atoms with Crippen LogP contribution >= 0.6 is 23.2 Å². The molecule has 0 radical (unpaired) electrons. The molecule has 0 aliphatic rings. The van der Waals surface area contributed by atoms with Crippen LogP contribution in [0, 0.1) is 0 Å². The third kappa shape index (κ3) is 3.55. The molecular formula is C13H12Cl2N2O2. The van der Waals surface area contributed by atoms with E-state index in [0.717, 1.165) is 5.56 Å². The van der Waals surface area contributed by atoms with Crippen LogP contribution in [-0.4, -0.2) is 15.9 Å². The lowest BCUT2D eigenvalue weighted by Gasteiger charge is -2.02. The van der Waals surface area contributed by atoms with Gasteiger partial charge in [0.1, 0.15) is 5.78 Å². The zero-order chi connectivity index (χ0) is 13.8. The summed E-state index contributed by atoms with van der Waals surface area (Å²) in [6, 6.07) is 5.28. The number of carbonyl (C=O) groups excluding carboxylic acids is 1. The quantitative estimate of drug-likeness (QED) is 0.848. The predicted octanol–water partition coefficient (Wildman–Crippen LogP) is 3.49. The van der Waals surface area contributed by atoms with Gasteiger partial charge in [-0.1, -0.05) is 41.3 Å². The number of hydrogen-bond acceptors (Lipinski definition) is 4. The first-order valence-corrected chi connectivity index (χ1v) is 6.61. The second-order valence-corrected chi connectivity index (χ2v) is 4.86. The number of rotatable bonds is 5. The largest absolute Gasteiger partial charge is 0.339 e. The minimum atomic E-state index is 0.0611. The monoisotopic (exact) mass is 298 g/mol. The maximum absolute atomic E-state index is 11.3. The summed E-state index contributed by atoms with van der Waals surface area (Å²) in [6.07, 6.45) is 0.996. The summed E-state index contributed by atoms with van der Waals surface area (Å²) in [7, 11) is 0. The summed E-state index contributed by atoms with van der Waals surface area (Å²) in [5, 5.41) is 4.94. The SMILES string of the molecule is CCC(=O)Cc1nc(Cc2c(Cl)cccc2Cl)no1. The van der Waals surface area contributed by atoms with Crippen LogP contribution in [0.5, 0.6) is 0 Å². The molecule has 0 atom stereocenters. The molecule has 4 nitrogen and oxygen atoms in total. The van der Waals surface area contributed by atoms with E-state index >= 15 is 0 Å². The van der Waals surface area contributed by atoms with E-state index in [1.54, 1.807) is 25.1 Å². The van der Waals surface area contributed by atoms with E-state index in [-0.39, 0.29) is 12.2 Å². The third-order valence-electron chi connectivity index (χ3n) is 2.65. The molecule has 0 saturated heterocycles. The Labute approximate surface area is 120 Å². The minimum absolute atomic E-state index is 0.0611. The van der Waals surface area contributed by atoms with Crippen LogP contribution in [0.2, 0.25) is 10.0 Å². The molecule has 0 spiro atoms. The van der Waals surface area contributed by atoms with E-state index in [1.165, 1.54) is 0 Å². The van der Waals surface area contributed by atoms with Gasteiger partial charge in [0.15, 0.2) is 5.82 Å². The molecule has 6 heteroatoms. The van der Waals surface area contributed by atoms with Crippen LogP contribution in [0.1, 0.15) is 30.6 Å². The van der Waals surface area contributed by atoms with E-state index in [4.69, 9.17) is 27.7 Å². The van der Waals surface area contributed by atoms with Crippen molar-refractivity contribution in [2.24, 2.45) is 0 Å². The minimum Gasteiger partial charge on any atom is -0.339 e. The fourth-order valence-corrected chi connectivity index (χ4v) is 2.12. The predicted molar refractivity (Wildman–Crippen MR) is 72.6 cm³/mol. The Morgan fingerprint density at radius 3 is 2.63 bits per heavy atom. The van der Waals surface area contributed by atoms with Crippen LogP contribution in [0.15, 0.2) is 22.7 Å². The van der Waals surface area contributed by atoms with E-state index in [9.17, 15) is 4.79 Å². The van der Waals surface area contributed by atoms with Gasteiger partial charge < -0.3 is 4.52 Å². The molecule has 0 bridgehead atoms. The molecular weight excluding hydrogens is 287 g/mol. The van der Waals surface area contributed by atoms with Crippen LogP contribution in [-0.2, 0) is 17.6 Å². The zero-order valence-corrected chi connectivity index (χ0v) is 11.8. The molecule has 0 amide bonds. The number of Topliss-reactive ketones (excluding diaryl/α,β-unsaturated/α-hetero) is 1.